The van der Waals surface area contributed by atoms with E-state index in [1.807, 2.05) is 6.07 Å². The van der Waals surface area contributed by atoms with Crippen LogP contribution in [0.4, 0.5) is 0 Å². The molecule has 1 aromatic carbocycles. The predicted octanol–water partition coefficient (Wildman–Crippen LogP) is 2.61. The number of nitrogens with zero attached hydrogens (tertiary/aromatic N) is 1. The standard InChI is InChI=1S/C17H28N2O2/c1-13(2)10-19(12-15-5-4-8-18-15)11-14-9-16(21-3)6-7-17(14)20/h6-7,9,13,15,18,20H,4-5,8,10-12H2,1-3H3. The number of aromatic hydroxyl groups is 1. The van der Waals surface area contributed by atoms with Crippen molar-refractivity contribution < 1.29 is 9.84 Å². The summed E-state index contributed by atoms with van der Waals surface area (Å²) in [6.45, 7) is 8.44. The van der Waals surface area contributed by atoms with Crippen LogP contribution >= 0.6 is 0 Å². The SMILES string of the molecule is COc1ccc(O)c(CN(CC(C)C)CC2CCCN2)c1. The zero-order valence-corrected chi connectivity index (χ0v) is 13.4. The van der Waals surface area contributed by atoms with Crippen LogP contribution < -0.4 is 10.1 Å². The maximum absolute atomic E-state index is 10.1. The highest BCUT2D eigenvalue weighted by Crippen LogP contribution is 2.25. The van der Waals surface area contributed by atoms with Crippen LogP contribution in [0.5, 0.6) is 11.5 Å². The van der Waals surface area contributed by atoms with Gasteiger partial charge in [-0.05, 0) is 43.5 Å². The molecule has 1 atom stereocenters. The lowest BCUT2D eigenvalue weighted by Gasteiger charge is -2.27. The summed E-state index contributed by atoms with van der Waals surface area (Å²) in [5.74, 6) is 1.76. The molecule has 1 saturated heterocycles. The first-order chi connectivity index (χ1) is 10.1. The van der Waals surface area contributed by atoms with Crippen molar-refractivity contribution in [2.75, 3.05) is 26.7 Å². The number of phenolic OH excluding ortho intramolecular Hbond substituents is 1. The third-order valence-corrected chi connectivity index (χ3v) is 3.94. The molecule has 0 spiro atoms. The molecule has 1 aliphatic rings. The summed E-state index contributed by atoms with van der Waals surface area (Å²) in [7, 11) is 1.66. The topological polar surface area (TPSA) is 44.7 Å². The average Bonchev–Trinajstić information content (AvgIpc) is 2.93. The molecule has 4 nitrogen and oxygen atoms in total. The molecule has 0 amide bonds. The number of ether oxygens (including phenoxy) is 1. The third-order valence-electron chi connectivity index (χ3n) is 3.94. The number of nitrogens with one attached hydrogen (secondary N) is 1. The zero-order chi connectivity index (χ0) is 15.2. The summed E-state index contributed by atoms with van der Waals surface area (Å²) in [5.41, 5.74) is 0.938. The molecule has 21 heavy (non-hydrogen) atoms. The van der Waals surface area contributed by atoms with Gasteiger partial charge in [-0.2, -0.15) is 0 Å². The lowest BCUT2D eigenvalue weighted by Crippen LogP contribution is -2.39. The first-order valence-electron chi connectivity index (χ1n) is 7.90. The Morgan fingerprint density at radius 2 is 2.24 bits per heavy atom. The molecule has 1 unspecified atom stereocenters. The summed E-state index contributed by atoms with van der Waals surface area (Å²) in [6.07, 6.45) is 2.52. The van der Waals surface area contributed by atoms with Gasteiger partial charge in [0.2, 0.25) is 0 Å². The van der Waals surface area contributed by atoms with Crippen molar-refractivity contribution in [3.8, 4) is 11.5 Å². The van der Waals surface area contributed by atoms with Crippen molar-refractivity contribution in [2.24, 2.45) is 5.92 Å². The highest BCUT2D eigenvalue weighted by Gasteiger charge is 2.19. The van der Waals surface area contributed by atoms with Crippen molar-refractivity contribution >= 4 is 0 Å². The minimum absolute atomic E-state index is 0.351. The van der Waals surface area contributed by atoms with Gasteiger partial charge < -0.3 is 15.2 Å². The Morgan fingerprint density at radius 3 is 2.86 bits per heavy atom. The average molecular weight is 292 g/mol. The maximum Gasteiger partial charge on any atom is 0.120 e. The van der Waals surface area contributed by atoms with Crippen LogP contribution in [0.1, 0.15) is 32.3 Å². The molecule has 0 aromatic heterocycles. The molecule has 1 heterocycles. The Bertz CT molecular complexity index is 442. The fourth-order valence-electron chi connectivity index (χ4n) is 3.00. The largest absolute Gasteiger partial charge is 0.508 e. The Hall–Kier alpha value is -1.26. The number of phenols is 1. The lowest BCUT2D eigenvalue weighted by atomic mass is 10.1. The minimum Gasteiger partial charge on any atom is -0.508 e. The van der Waals surface area contributed by atoms with E-state index in [-0.39, 0.29) is 0 Å². The summed E-state index contributed by atoms with van der Waals surface area (Å²) in [4.78, 5) is 2.43. The lowest BCUT2D eigenvalue weighted by molar-refractivity contribution is 0.213. The van der Waals surface area contributed by atoms with E-state index in [2.05, 4.69) is 24.1 Å². The Balaban J connectivity index is 2.05. The Kier molecular flexibility index (Phi) is 5.88. The quantitative estimate of drug-likeness (QED) is 0.811. The van der Waals surface area contributed by atoms with Crippen molar-refractivity contribution in [3.63, 3.8) is 0 Å². The molecule has 118 valence electrons. The molecule has 0 saturated carbocycles. The highest BCUT2D eigenvalue weighted by molar-refractivity contribution is 5.39. The van der Waals surface area contributed by atoms with Crippen LogP contribution in [0, 0.1) is 5.92 Å². The van der Waals surface area contributed by atoms with E-state index in [9.17, 15) is 5.11 Å². The van der Waals surface area contributed by atoms with Crippen LogP contribution in [0.15, 0.2) is 18.2 Å². The maximum atomic E-state index is 10.1. The molecule has 1 aromatic rings. The van der Waals surface area contributed by atoms with Gasteiger partial charge in [0.05, 0.1) is 7.11 Å². The number of hydrogen-bond donors (Lipinski definition) is 2. The second kappa shape index (κ2) is 7.66. The second-order valence-electron chi connectivity index (χ2n) is 6.38. The third kappa shape index (κ3) is 4.90. The molecule has 1 fully saturated rings. The smallest absolute Gasteiger partial charge is 0.120 e. The van der Waals surface area contributed by atoms with E-state index in [0.717, 1.165) is 37.5 Å². The van der Waals surface area contributed by atoms with E-state index in [0.29, 0.717) is 17.7 Å². The molecule has 2 N–H and O–H groups in total. The molecular weight excluding hydrogens is 264 g/mol. The van der Waals surface area contributed by atoms with Gasteiger partial charge >= 0.3 is 0 Å². The van der Waals surface area contributed by atoms with Gasteiger partial charge in [0.25, 0.3) is 0 Å². The molecule has 0 radical (unpaired) electrons. The van der Waals surface area contributed by atoms with Gasteiger partial charge in [-0.25, -0.2) is 0 Å². The van der Waals surface area contributed by atoms with Crippen LogP contribution in [0.3, 0.4) is 0 Å². The van der Waals surface area contributed by atoms with Gasteiger partial charge in [-0.15, -0.1) is 0 Å². The monoisotopic (exact) mass is 292 g/mol. The Morgan fingerprint density at radius 1 is 1.43 bits per heavy atom. The van der Waals surface area contributed by atoms with E-state index in [4.69, 9.17) is 4.74 Å². The van der Waals surface area contributed by atoms with Crippen LogP contribution in [0.2, 0.25) is 0 Å². The summed E-state index contributed by atoms with van der Waals surface area (Å²) < 4.78 is 5.26. The normalized spacial score (nSPS) is 18.6. The van der Waals surface area contributed by atoms with E-state index < -0.39 is 0 Å². The predicted molar refractivity (Wildman–Crippen MR) is 85.8 cm³/mol. The van der Waals surface area contributed by atoms with Crippen molar-refractivity contribution in [1.29, 1.82) is 0 Å². The van der Waals surface area contributed by atoms with Crippen molar-refractivity contribution in [1.82, 2.24) is 10.2 Å². The number of benzene rings is 1. The highest BCUT2D eigenvalue weighted by atomic mass is 16.5. The molecule has 1 aliphatic heterocycles. The van der Waals surface area contributed by atoms with Crippen molar-refractivity contribution in [3.05, 3.63) is 23.8 Å². The fraction of sp³-hybridized carbons (Fsp3) is 0.647. The van der Waals surface area contributed by atoms with Crippen LogP contribution in [0.25, 0.3) is 0 Å². The van der Waals surface area contributed by atoms with Gasteiger partial charge in [0.1, 0.15) is 11.5 Å². The van der Waals surface area contributed by atoms with E-state index in [1.54, 1.807) is 19.2 Å². The van der Waals surface area contributed by atoms with Gasteiger partial charge in [-0.3, -0.25) is 4.90 Å². The van der Waals surface area contributed by atoms with Crippen molar-refractivity contribution in [2.45, 2.75) is 39.3 Å². The summed E-state index contributed by atoms with van der Waals surface area (Å²) >= 11 is 0. The van der Waals surface area contributed by atoms with Crippen LogP contribution in [-0.2, 0) is 6.54 Å². The molecule has 0 bridgehead atoms. The van der Waals surface area contributed by atoms with Gasteiger partial charge in [0, 0.05) is 31.2 Å². The van der Waals surface area contributed by atoms with E-state index >= 15 is 0 Å². The number of methoxy groups -OCH3 is 1. The molecule has 0 aliphatic carbocycles. The molecular formula is C17H28N2O2. The van der Waals surface area contributed by atoms with E-state index in [1.165, 1.54) is 12.8 Å². The Labute approximate surface area is 128 Å². The zero-order valence-electron chi connectivity index (χ0n) is 13.4. The molecule has 2 rings (SSSR count). The number of rotatable bonds is 7. The van der Waals surface area contributed by atoms with Gasteiger partial charge in [0.15, 0.2) is 0 Å². The first-order valence-corrected chi connectivity index (χ1v) is 7.90. The summed E-state index contributed by atoms with van der Waals surface area (Å²) in [6, 6.07) is 6.03. The first kappa shape index (κ1) is 16.1. The van der Waals surface area contributed by atoms with Crippen LogP contribution in [-0.4, -0.2) is 42.8 Å². The van der Waals surface area contributed by atoms with Gasteiger partial charge in [-0.1, -0.05) is 13.8 Å². The fourth-order valence-corrected chi connectivity index (χ4v) is 3.00. The number of hydrogen-bond acceptors (Lipinski definition) is 4. The second-order valence-corrected chi connectivity index (χ2v) is 6.38. The minimum atomic E-state index is 0.351. The molecule has 4 heteroatoms. The summed E-state index contributed by atoms with van der Waals surface area (Å²) in [5, 5.41) is 13.6.